The summed E-state index contributed by atoms with van der Waals surface area (Å²) in [5.41, 5.74) is 2.32. The summed E-state index contributed by atoms with van der Waals surface area (Å²) >= 11 is 16.0. The van der Waals surface area contributed by atoms with Crippen LogP contribution in [-0.2, 0) is 20.7 Å². The van der Waals surface area contributed by atoms with Gasteiger partial charge in [-0.15, -0.1) is 0 Å². The lowest BCUT2D eigenvalue weighted by atomic mass is 9.97. The minimum atomic E-state index is -0.300. The second-order valence-corrected chi connectivity index (χ2v) is 7.25. The first-order chi connectivity index (χ1) is 11.4. The van der Waals surface area contributed by atoms with Gasteiger partial charge in [-0.1, -0.05) is 39.1 Å². The summed E-state index contributed by atoms with van der Waals surface area (Å²) in [5, 5.41) is 4.49. The van der Waals surface area contributed by atoms with Crippen molar-refractivity contribution in [3.8, 4) is 0 Å². The maximum atomic E-state index is 12.1. The number of aromatic nitrogens is 1. The first-order valence-corrected chi connectivity index (χ1v) is 9.07. The van der Waals surface area contributed by atoms with E-state index in [1.165, 1.54) is 0 Å². The smallest absolute Gasteiger partial charge is 0.306 e. The van der Waals surface area contributed by atoms with Crippen LogP contribution in [0, 0.1) is 0 Å². The molecule has 5 nitrogen and oxygen atoms in total. The number of carbonyl (C=O) groups is 2. The van der Waals surface area contributed by atoms with Crippen molar-refractivity contribution in [3.05, 3.63) is 31.8 Å². The molecule has 0 spiro atoms. The summed E-state index contributed by atoms with van der Waals surface area (Å²) < 4.78 is 5.80. The van der Waals surface area contributed by atoms with Gasteiger partial charge in [-0.25, -0.2) is 0 Å². The predicted octanol–water partition coefficient (Wildman–Crippen LogP) is 3.95. The van der Waals surface area contributed by atoms with Crippen LogP contribution in [0.4, 0.5) is 0 Å². The summed E-state index contributed by atoms with van der Waals surface area (Å²) in [6.45, 7) is 2.45. The van der Waals surface area contributed by atoms with Crippen LogP contribution in [0.1, 0.15) is 30.5 Å². The van der Waals surface area contributed by atoms with E-state index in [2.05, 4.69) is 26.2 Å². The van der Waals surface area contributed by atoms with Crippen molar-refractivity contribution >= 4 is 61.9 Å². The van der Waals surface area contributed by atoms with Gasteiger partial charge in [0.1, 0.15) is 0 Å². The highest BCUT2D eigenvalue weighted by Gasteiger charge is 2.29. The van der Waals surface area contributed by atoms with Gasteiger partial charge in [0.2, 0.25) is 5.91 Å². The Kier molecular flexibility index (Phi) is 5.08. The summed E-state index contributed by atoms with van der Waals surface area (Å²) in [5.74, 6) is -0.604. The Morgan fingerprint density at radius 2 is 2.21 bits per heavy atom. The molecule has 0 aliphatic carbocycles. The highest BCUT2D eigenvalue weighted by molar-refractivity contribution is 9.10. The molecule has 24 heavy (non-hydrogen) atoms. The average molecular weight is 434 g/mol. The quantitative estimate of drug-likeness (QED) is 0.568. The van der Waals surface area contributed by atoms with Crippen LogP contribution in [0.15, 0.2) is 10.5 Å². The van der Waals surface area contributed by atoms with Gasteiger partial charge in [-0.3, -0.25) is 9.59 Å². The van der Waals surface area contributed by atoms with E-state index in [1.807, 2.05) is 0 Å². The number of carbonyl (C=O) groups excluding carboxylic acids is 2. The Balaban J connectivity index is 2.15. The van der Waals surface area contributed by atoms with Crippen molar-refractivity contribution in [2.45, 2.75) is 25.7 Å². The lowest BCUT2D eigenvalue weighted by Gasteiger charge is -2.14. The van der Waals surface area contributed by atoms with Crippen molar-refractivity contribution < 1.29 is 14.3 Å². The summed E-state index contributed by atoms with van der Waals surface area (Å²) in [4.78, 5) is 27.3. The largest absolute Gasteiger partial charge is 0.466 e. The van der Waals surface area contributed by atoms with Gasteiger partial charge in [-0.2, -0.15) is 0 Å². The molecular formula is C16H15BrCl2N2O3. The van der Waals surface area contributed by atoms with E-state index < -0.39 is 0 Å². The number of rotatable bonds is 3. The molecule has 0 radical (unpaired) electrons. The zero-order valence-corrected chi connectivity index (χ0v) is 15.9. The van der Waals surface area contributed by atoms with Crippen LogP contribution in [-0.4, -0.2) is 30.0 Å². The zero-order valence-electron chi connectivity index (χ0n) is 12.8. The maximum absolute atomic E-state index is 12.1. The molecule has 1 amide bonds. The van der Waals surface area contributed by atoms with E-state index in [9.17, 15) is 9.59 Å². The van der Waals surface area contributed by atoms with Crippen LogP contribution >= 0.6 is 39.1 Å². The molecule has 1 aromatic heterocycles. The van der Waals surface area contributed by atoms with Crippen molar-refractivity contribution in [3.63, 3.8) is 0 Å². The molecule has 0 saturated heterocycles. The molecule has 1 aliphatic heterocycles. The lowest BCUT2D eigenvalue weighted by molar-refractivity contribution is -0.143. The van der Waals surface area contributed by atoms with E-state index >= 15 is 0 Å². The number of halogens is 3. The number of benzene rings is 1. The summed E-state index contributed by atoms with van der Waals surface area (Å²) in [7, 11) is 0. The molecule has 0 saturated carbocycles. The van der Waals surface area contributed by atoms with Gasteiger partial charge >= 0.3 is 5.97 Å². The number of ether oxygens (including phenoxy) is 1. The van der Waals surface area contributed by atoms with Crippen molar-refractivity contribution in [2.24, 2.45) is 0 Å². The molecule has 2 aromatic rings. The SMILES string of the molecule is CCOC(=O)CC1CNC(=O)Cc2c1[nH]c1c(Cl)c(Cl)cc(Br)c21. The molecule has 1 atom stereocenters. The Morgan fingerprint density at radius 3 is 2.92 bits per heavy atom. The lowest BCUT2D eigenvalue weighted by Crippen LogP contribution is -2.27. The van der Waals surface area contributed by atoms with Crippen LogP contribution in [0.5, 0.6) is 0 Å². The van der Waals surface area contributed by atoms with E-state index in [-0.39, 0.29) is 30.6 Å². The predicted molar refractivity (Wildman–Crippen MR) is 96.7 cm³/mol. The van der Waals surface area contributed by atoms with E-state index in [0.717, 1.165) is 21.1 Å². The Hall–Kier alpha value is -1.24. The third-order valence-electron chi connectivity index (χ3n) is 4.07. The average Bonchev–Trinajstić information content (AvgIpc) is 2.82. The van der Waals surface area contributed by atoms with Crippen LogP contribution in [0.2, 0.25) is 10.0 Å². The first kappa shape index (κ1) is 17.6. The number of aromatic amines is 1. The van der Waals surface area contributed by atoms with E-state index in [0.29, 0.717) is 28.7 Å². The molecule has 0 fully saturated rings. The van der Waals surface area contributed by atoms with Crippen LogP contribution in [0.3, 0.4) is 0 Å². The molecule has 2 heterocycles. The molecule has 128 valence electrons. The molecule has 8 heteroatoms. The second-order valence-electron chi connectivity index (χ2n) is 5.61. The fraction of sp³-hybridized carbons (Fsp3) is 0.375. The highest BCUT2D eigenvalue weighted by Crippen LogP contribution is 2.41. The second kappa shape index (κ2) is 6.94. The number of nitrogens with one attached hydrogen (secondary N) is 2. The number of amides is 1. The molecule has 1 aromatic carbocycles. The van der Waals surface area contributed by atoms with Gasteiger partial charge in [0.15, 0.2) is 0 Å². The number of fused-ring (bicyclic) bond motifs is 3. The summed E-state index contributed by atoms with van der Waals surface area (Å²) in [6.07, 6.45) is 0.391. The maximum Gasteiger partial charge on any atom is 0.306 e. The molecular weight excluding hydrogens is 419 g/mol. The Bertz CT molecular complexity index is 835. The summed E-state index contributed by atoms with van der Waals surface area (Å²) in [6, 6.07) is 1.71. The molecule has 1 unspecified atom stereocenters. The Morgan fingerprint density at radius 1 is 1.46 bits per heavy atom. The van der Waals surface area contributed by atoms with Crippen LogP contribution in [0.25, 0.3) is 10.9 Å². The van der Waals surface area contributed by atoms with Crippen molar-refractivity contribution in [2.75, 3.05) is 13.2 Å². The fourth-order valence-corrected chi connectivity index (χ4v) is 4.24. The fourth-order valence-electron chi connectivity index (χ4n) is 3.04. The van der Waals surface area contributed by atoms with E-state index in [1.54, 1.807) is 13.0 Å². The van der Waals surface area contributed by atoms with E-state index in [4.69, 9.17) is 27.9 Å². The third kappa shape index (κ3) is 3.15. The van der Waals surface area contributed by atoms with Crippen molar-refractivity contribution in [1.82, 2.24) is 10.3 Å². The molecule has 0 bridgehead atoms. The molecule has 3 rings (SSSR count). The third-order valence-corrected chi connectivity index (χ3v) is 5.48. The highest BCUT2D eigenvalue weighted by atomic mass is 79.9. The number of H-pyrrole nitrogens is 1. The van der Waals surface area contributed by atoms with Gasteiger partial charge < -0.3 is 15.0 Å². The first-order valence-electron chi connectivity index (χ1n) is 7.52. The van der Waals surface area contributed by atoms with Crippen LogP contribution < -0.4 is 5.32 Å². The minimum Gasteiger partial charge on any atom is -0.466 e. The van der Waals surface area contributed by atoms with Gasteiger partial charge in [0.05, 0.1) is 35.0 Å². The number of hydrogen-bond acceptors (Lipinski definition) is 3. The van der Waals surface area contributed by atoms with Gasteiger partial charge in [-0.05, 0) is 18.6 Å². The van der Waals surface area contributed by atoms with Crippen molar-refractivity contribution in [1.29, 1.82) is 0 Å². The van der Waals surface area contributed by atoms with Gasteiger partial charge in [0.25, 0.3) is 0 Å². The van der Waals surface area contributed by atoms with Gasteiger partial charge in [0, 0.05) is 28.0 Å². The Labute approximate surface area is 157 Å². The topological polar surface area (TPSA) is 71.2 Å². The molecule has 1 aliphatic rings. The molecule has 2 N–H and O–H groups in total. The standard InChI is InChI=1S/C16H15BrCl2N2O3/c1-2-24-12(23)3-7-6-20-11(22)4-8-13-9(17)5-10(18)14(19)16(13)21-15(7)8/h5,7,21H,2-4,6H2,1H3,(H,20,22). The monoisotopic (exact) mass is 432 g/mol. The zero-order chi connectivity index (χ0) is 17.4. The number of hydrogen-bond donors (Lipinski definition) is 2. The minimum absolute atomic E-state index is 0.0959. The number of esters is 1. The normalized spacial score (nSPS) is 17.3.